The number of pyridine rings is 2. The zero-order valence-electron chi connectivity index (χ0n) is 28.0. The third-order valence-corrected chi connectivity index (χ3v) is 10.2. The minimum absolute atomic E-state index is 0.152. The Bertz CT molecular complexity index is 2220. The molecule has 0 saturated carbocycles. The van der Waals surface area contributed by atoms with E-state index >= 15 is 0 Å². The average Bonchev–Trinajstić information content (AvgIpc) is 3.46. The van der Waals surface area contributed by atoms with Crippen molar-refractivity contribution in [2.75, 3.05) is 24.7 Å². The minimum Gasteiger partial charge on any atom is -0.458 e. The Morgan fingerprint density at radius 1 is 1.12 bits per heavy atom. The molecule has 6 rings (SSSR count). The zero-order valence-corrected chi connectivity index (χ0v) is 28.8. The number of amides is 2. The predicted octanol–water partition coefficient (Wildman–Crippen LogP) is 2.77. The lowest BCUT2D eigenvalue weighted by Crippen LogP contribution is -2.37. The molecule has 0 spiro atoms. The number of carbonyl (C=O) groups is 4. The molecule has 15 nitrogen and oxygen atoms in total. The molecule has 2 amide bonds. The topological polar surface area (TPSA) is 192 Å². The van der Waals surface area contributed by atoms with Crippen LogP contribution in [0.1, 0.15) is 47.8 Å². The van der Waals surface area contributed by atoms with Gasteiger partial charge < -0.3 is 29.4 Å². The molecule has 0 radical (unpaired) electrons. The Balaban J connectivity index is 1.25. The number of ether oxygens (including phenoxy) is 3. The normalized spacial score (nSPS) is 14.8. The van der Waals surface area contributed by atoms with Crippen molar-refractivity contribution in [3.63, 3.8) is 0 Å². The number of nitrogens with zero attached hydrogens (tertiary/aromatic N) is 3. The molecule has 0 fully saturated rings. The van der Waals surface area contributed by atoms with E-state index in [2.05, 4.69) is 10.6 Å². The molecule has 2 aromatic carbocycles. The molecule has 2 aliphatic heterocycles. The summed E-state index contributed by atoms with van der Waals surface area (Å²) in [6, 6.07) is 15.2. The van der Waals surface area contributed by atoms with Crippen LogP contribution < -0.4 is 16.2 Å². The monoisotopic (exact) mass is 717 g/mol. The van der Waals surface area contributed by atoms with Gasteiger partial charge in [-0.1, -0.05) is 30.3 Å². The van der Waals surface area contributed by atoms with E-state index in [1.165, 1.54) is 15.1 Å². The Morgan fingerprint density at radius 2 is 1.86 bits per heavy atom. The first-order valence-corrected chi connectivity index (χ1v) is 17.9. The summed E-state index contributed by atoms with van der Waals surface area (Å²) in [6.45, 7) is 3.30. The lowest BCUT2D eigenvalue weighted by Gasteiger charge is -2.24. The Labute approximate surface area is 292 Å². The van der Waals surface area contributed by atoms with Gasteiger partial charge in [0.05, 0.1) is 41.8 Å². The second-order valence-corrected chi connectivity index (χ2v) is 14.3. The Hall–Kier alpha value is -5.61. The summed E-state index contributed by atoms with van der Waals surface area (Å²) >= 11 is 0. The van der Waals surface area contributed by atoms with Crippen LogP contribution in [0.3, 0.4) is 0 Å². The van der Waals surface area contributed by atoms with Gasteiger partial charge in [0, 0.05) is 34.8 Å². The number of nitrogens with one attached hydrogen (secondary N) is 2. The number of carbonyl (C=O) groups excluding carboxylic acids is 4. The summed E-state index contributed by atoms with van der Waals surface area (Å²) in [7, 11) is -3.48. The van der Waals surface area contributed by atoms with E-state index < -0.39 is 39.7 Å². The molecule has 16 heteroatoms. The van der Waals surface area contributed by atoms with Crippen LogP contribution in [0.2, 0.25) is 0 Å². The molecular weight excluding hydrogens is 682 g/mol. The predicted molar refractivity (Wildman–Crippen MR) is 184 cm³/mol. The van der Waals surface area contributed by atoms with E-state index in [0.29, 0.717) is 41.0 Å². The van der Waals surface area contributed by atoms with Crippen LogP contribution in [-0.4, -0.2) is 72.1 Å². The second kappa shape index (κ2) is 14.3. The molecule has 0 aliphatic carbocycles. The molecule has 2 aromatic heterocycles. The molecule has 51 heavy (non-hydrogen) atoms. The van der Waals surface area contributed by atoms with Crippen molar-refractivity contribution < 1.29 is 41.8 Å². The average molecular weight is 718 g/mol. The second-order valence-electron chi connectivity index (χ2n) is 12.4. The Morgan fingerprint density at radius 3 is 2.57 bits per heavy atom. The van der Waals surface area contributed by atoms with Gasteiger partial charge in [-0.25, -0.2) is 23.0 Å². The summed E-state index contributed by atoms with van der Waals surface area (Å²) < 4.78 is 44.0. The number of benzene rings is 2. The molecule has 2 aliphatic rings. The number of cyclic esters (lactones) is 1. The van der Waals surface area contributed by atoms with Crippen molar-refractivity contribution in [3.05, 3.63) is 92.8 Å². The van der Waals surface area contributed by atoms with E-state index in [4.69, 9.17) is 19.2 Å². The van der Waals surface area contributed by atoms with E-state index in [-0.39, 0.29) is 50.0 Å². The SMILES string of the molecule is CC(C)N(CCc1c2c(nc3ccccc13)-c1cc3c(c(=O)n1C2)COC(=O)C3OC(=O)OCc1ccc(NC(=O)CNC=O)cc1)S(C)(=O)=O. The highest BCUT2D eigenvalue weighted by molar-refractivity contribution is 7.88. The van der Waals surface area contributed by atoms with Crippen LogP contribution in [0.4, 0.5) is 10.5 Å². The van der Waals surface area contributed by atoms with Crippen LogP contribution in [0.5, 0.6) is 0 Å². The van der Waals surface area contributed by atoms with Crippen LogP contribution in [0.25, 0.3) is 22.3 Å². The summed E-state index contributed by atoms with van der Waals surface area (Å²) in [4.78, 5) is 66.7. The fourth-order valence-corrected chi connectivity index (χ4v) is 7.56. The lowest BCUT2D eigenvalue weighted by molar-refractivity contribution is -0.159. The van der Waals surface area contributed by atoms with Gasteiger partial charge in [-0.3, -0.25) is 14.4 Å². The number of esters is 1. The first kappa shape index (κ1) is 35.2. The summed E-state index contributed by atoms with van der Waals surface area (Å²) in [5.41, 5.74) is 4.11. The molecule has 4 aromatic rings. The van der Waals surface area contributed by atoms with Crippen molar-refractivity contribution in [1.82, 2.24) is 19.2 Å². The molecular formula is C35H35N5O10S. The summed E-state index contributed by atoms with van der Waals surface area (Å²) in [5.74, 6) is -1.29. The summed E-state index contributed by atoms with van der Waals surface area (Å²) in [6.07, 6.45) is -0.781. The maximum absolute atomic E-state index is 13.9. The van der Waals surface area contributed by atoms with Crippen molar-refractivity contribution in [1.29, 1.82) is 0 Å². The number of hydrogen-bond donors (Lipinski definition) is 2. The molecule has 4 heterocycles. The van der Waals surface area contributed by atoms with Crippen molar-refractivity contribution in [3.8, 4) is 11.4 Å². The number of hydrogen-bond acceptors (Lipinski definition) is 11. The van der Waals surface area contributed by atoms with Gasteiger partial charge in [0.1, 0.15) is 13.2 Å². The van der Waals surface area contributed by atoms with Crippen LogP contribution in [0, 0.1) is 0 Å². The summed E-state index contributed by atoms with van der Waals surface area (Å²) in [5, 5.41) is 5.70. The third kappa shape index (κ3) is 7.32. The highest BCUT2D eigenvalue weighted by Gasteiger charge is 2.38. The molecule has 0 bridgehead atoms. The first-order chi connectivity index (χ1) is 24.3. The number of para-hydroxylation sites is 1. The van der Waals surface area contributed by atoms with E-state index in [9.17, 15) is 32.4 Å². The number of aromatic nitrogens is 2. The van der Waals surface area contributed by atoms with Crippen molar-refractivity contribution in [2.45, 2.75) is 52.2 Å². The minimum atomic E-state index is -3.48. The molecule has 2 N–H and O–H groups in total. The molecule has 266 valence electrons. The van der Waals surface area contributed by atoms with Gasteiger partial charge in [0.2, 0.25) is 28.4 Å². The maximum atomic E-state index is 13.9. The van der Waals surface area contributed by atoms with E-state index in [0.717, 1.165) is 16.5 Å². The number of sulfonamides is 1. The Kier molecular flexibility index (Phi) is 9.89. The fourth-order valence-electron chi connectivity index (χ4n) is 6.37. The van der Waals surface area contributed by atoms with Gasteiger partial charge in [-0.15, -0.1) is 0 Å². The standard InChI is InChI=1S/C35H35N5O10S/c1-20(2)40(51(3,46)47)13-12-23-24-6-4-5-7-28(24)38-31-26(23)16-39-29(31)14-25-27(33(39)43)18-48-34(44)32(25)50-35(45)49-17-21-8-10-22(11-9-21)37-30(42)15-36-19-41/h4-11,14,19-20,32H,12-13,15-18H2,1-3H3,(H,36,41)(H,37,42). The number of rotatable bonds is 12. The molecule has 1 atom stereocenters. The van der Waals surface area contributed by atoms with E-state index in [1.807, 2.05) is 38.1 Å². The largest absolute Gasteiger partial charge is 0.509 e. The lowest BCUT2D eigenvalue weighted by atomic mass is 9.97. The number of anilines is 1. The van der Waals surface area contributed by atoms with Gasteiger partial charge in [-0.05, 0) is 55.7 Å². The number of fused-ring (bicyclic) bond motifs is 5. The zero-order chi connectivity index (χ0) is 36.4. The quantitative estimate of drug-likeness (QED) is 0.142. The van der Waals surface area contributed by atoms with Crippen LogP contribution in [0.15, 0.2) is 59.4 Å². The highest BCUT2D eigenvalue weighted by atomic mass is 32.2. The first-order valence-electron chi connectivity index (χ1n) is 16.1. The third-order valence-electron chi connectivity index (χ3n) is 8.70. The molecule has 0 saturated heterocycles. The van der Waals surface area contributed by atoms with Gasteiger partial charge >= 0.3 is 12.1 Å². The fraction of sp³-hybridized carbons (Fsp3) is 0.314. The van der Waals surface area contributed by atoms with Gasteiger partial charge in [-0.2, -0.15) is 4.31 Å². The van der Waals surface area contributed by atoms with Crippen LogP contribution in [-0.2, 0) is 64.8 Å². The highest BCUT2D eigenvalue weighted by Crippen LogP contribution is 2.39. The van der Waals surface area contributed by atoms with E-state index in [1.54, 1.807) is 30.3 Å². The molecule has 1 unspecified atom stereocenters. The van der Waals surface area contributed by atoms with Crippen molar-refractivity contribution in [2.24, 2.45) is 0 Å². The van der Waals surface area contributed by atoms with Crippen LogP contribution >= 0.6 is 0 Å². The van der Waals surface area contributed by atoms with Crippen molar-refractivity contribution >= 4 is 51.1 Å². The van der Waals surface area contributed by atoms with Gasteiger partial charge in [0.25, 0.3) is 5.56 Å². The maximum Gasteiger partial charge on any atom is 0.509 e. The smallest absolute Gasteiger partial charge is 0.458 e. The van der Waals surface area contributed by atoms with Gasteiger partial charge in [0.15, 0.2) is 0 Å².